The van der Waals surface area contributed by atoms with Gasteiger partial charge in [0.1, 0.15) is 10.6 Å². The topological polar surface area (TPSA) is 80.6 Å². The summed E-state index contributed by atoms with van der Waals surface area (Å²) in [6, 6.07) is 1.62. The molecule has 26 heavy (non-hydrogen) atoms. The minimum absolute atomic E-state index is 0.139. The number of nitrogens with zero attached hydrogens (tertiary/aromatic N) is 2. The quantitative estimate of drug-likeness (QED) is 0.856. The van der Waals surface area contributed by atoms with E-state index >= 15 is 0 Å². The molecule has 2 fully saturated rings. The molecule has 7 nitrogen and oxygen atoms in total. The van der Waals surface area contributed by atoms with E-state index in [1.807, 2.05) is 0 Å². The first-order chi connectivity index (χ1) is 12.3. The van der Waals surface area contributed by atoms with Crippen molar-refractivity contribution in [2.45, 2.75) is 44.0 Å². The molecule has 0 spiro atoms. The average molecular weight is 384 g/mol. The number of morpholine rings is 1. The Kier molecular flexibility index (Phi) is 5.74. The van der Waals surface area contributed by atoms with Gasteiger partial charge < -0.3 is 14.6 Å². The molecular formula is C18H29N3O4S. The molecular weight excluding hydrogens is 354 g/mol. The van der Waals surface area contributed by atoms with E-state index in [-0.39, 0.29) is 16.8 Å². The molecule has 0 unspecified atom stereocenters. The molecule has 0 aromatic carbocycles. The van der Waals surface area contributed by atoms with E-state index in [9.17, 15) is 13.2 Å². The van der Waals surface area contributed by atoms with Gasteiger partial charge in [0, 0.05) is 32.4 Å². The van der Waals surface area contributed by atoms with Gasteiger partial charge in [-0.15, -0.1) is 0 Å². The average Bonchev–Trinajstić information content (AvgIpc) is 3.02. The van der Waals surface area contributed by atoms with Crippen LogP contribution in [0.4, 0.5) is 0 Å². The number of hydrogen-bond acceptors (Lipinski definition) is 4. The molecule has 1 aromatic rings. The minimum Gasteiger partial charge on any atom is -0.379 e. The van der Waals surface area contributed by atoms with E-state index < -0.39 is 10.0 Å². The summed E-state index contributed by atoms with van der Waals surface area (Å²) in [4.78, 5) is 12.9. The van der Waals surface area contributed by atoms with Gasteiger partial charge in [0.2, 0.25) is 10.0 Å². The van der Waals surface area contributed by atoms with Crippen LogP contribution >= 0.6 is 0 Å². The van der Waals surface area contributed by atoms with Gasteiger partial charge in [0.15, 0.2) is 0 Å². The molecule has 2 aliphatic rings. The van der Waals surface area contributed by atoms with Crippen LogP contribution in [0.1, 0.15) is 43.6 Å². The second kappa shape index (κ2) is 7.70. The third-order valence-corrected chi connectivity index (χ3v) is 7.71. The van der Waals surface area contributed by atoms with Gasteiger partial charge >= 0.3 is 0 Å². The molecule has 2 heterocycles. The summed E-state index contributed by atoms with van der Waals surface area (Å²) in [6.45, 7) is 5.88. The number of aryl methyl sites for hydroxylation is 1. The smallest absolute Gasteiger partial charge is 0.268 e. The van der Waals surface area contributed by atoms with Crippen LogP contribution in [-0.2, 0) is 21.8 Å². The van der Waals surface area contributed by atoms with Crippen LogP contribution < -0.4 is 5.32 Å². The number of aromatic nitrogens is 1. The maximum Gasteiger partial charge on any atom is 0.268 e. The highest BCUT2D eigenvalue weighted by Crippen LogP contribution is 2.30. The van der Waals surface area contributed by atoms with E-state index in [1.54, 1.807) is 11.6 Å². The lowest BCUT2D eigenvalue weighted by molar-refractivity contribution is 0.0730. The van der Waals surface area contributed by atoms with Crippen molar-refractivity contribution in [3.8, 4) is 0 Å². The van der Waals surface area contributed by atoms with Crippen molar-refractivity contribution in [1.82, 2.24) is 14.2 Å². The Morgan fingerprint density at radius 3 is 2.62 bits per heavy atom. The van der Waals surface area contributed by atoms with E-state index in [4.69, 9.17) is 4.74 Å². The second-order valence-electron chi connectivity index (χ2n) is 7.54. The summed E-state index contributed by atoms with van der Waals surface area (Å²) < 4.78 is 33.8. The zero-order valence-electron chi connectivity index (χ0n) is 15.8. The number of ether oxygens (including phenoxy) is 1. The number of carbonyl (C=O) groups is 1. The molecule has 146 valence electrons. The van der Waals surface area contributed by atoms with Crippen molar-refractivity contribution in [3.05, 3.63) is 18.0 Å². The third kappa shape index (κ3) is 3.82. The van der Waals surface area contributed by atoms with Gasteiger partial charge in [-0.1, -0.05) is 26.7 Å². The predicted molar refractivity (Wildman–Crippen MR) is 98.4 cm³/mol. The first-order valence-electron chi connectivity index (χ1n) is 9.36. The SMILES string of the molecule is C[C@@H]1[C@H](C)CCC[C@H]1NC(=O)c1cc(S(=O)(=O)N2CCOCC2)cn1C. The maximum atomic E-state index is 12.8. The molecule has 1 aliphatic heterocycles. The molecule has 1 aromatic heterocycles. The lowest BCUT2D eigenvalue weighted by Gasteiger charge is -2.34. The molecule has 1 N–H and O–H groups in total. The van der Waals surface area contributed by atoms with Gasteiger partial charge in [-0.3, -0.25) is 4.79 Å². The Morgan fingerprint density at radius 1 is 1.23 bits per heavy atom. The number of sulfonamides is 1. The highest BCUT2D eigenvalue weighted by atomic mass is 32.2. The zero-order valence-corrected chi connectivity index (χ0v) is 16.6. The van der Waals surface area contributed by atoms with Crippen LogP contribution in [-0.4, -0.2) is 55.5 Å². The summed E-state index contributed by atoms with van der Waals surface area (Å²) in [6.07, 6.45) is 4.80. The van der Waals surface area contributed by atoms with E-state index in [1.165, 1.54) is 23.0 Å². The van der Waals surface area contributed by atoms with Crippen LogP contribution in [0.5, 0.6) is 0 Å². The Morgan fingerprint density at radius 2 is 1.92 bits per heavy atom. The lowest BCUT2D eigenvalue weighted by Crippen LogP contribution is -2.44. The lowest BCUT2D eigenvalue weighted by atomic mass is 9.78. The van der Waals surface area contributed by atoms with E-state index in [2.05, 4.69) is 19.2 Å². The maximum absolute atomic E-state index is 12.8. The largest absolute Gasteiger partial charge is 0.379 e. The number of nitrogens with one attached hydrogen (secondary N) is 1. The number of carbonyl (C=O) groups excluding carboxylic acids is 1. The molecule has 1 saturated heterocycles. The molecule has 0 bridgehead atoms. The first-order valence-corrected chi connectivity index (χ1v) is 10.8. The minimum atomic E-state index is -3.60. The standard InChI is InChI=1S/C18H29N3O4S/c1-13-5-4-6-16(14(13)2)19-18(22)17-11-15(12-20(17)3)26(23,24)21-7-9-25-10-8-21/h11-14,16H,4-10H2,1-3H3,(H,19,22)/t13-,14-,16-/m1/s1. The van der Waals surface area contributed by atoms with E-state index in [0.29, 0.717) is 43.8 Å². The fourth-order valence-electron chi connectivity index (χ4n) is 3.87. The van der Waals surface area contributed by atoms with Gasteiger partial charge in [0.25, 0.3) is 5.91 Å². The van der Waals surface area contributed by atoms with Crippen molar-refractivity contribution in [3.63, 3.8) is 0 Å². The monoisotopic (exact) mass is 383 g/mol. The molecule has 3 rings (SSSR count). The van der Waals surface area contributed by atoms with Crippen molar-refractivity contribution < 1.29 is 17.9 Å². The van der Waals surface area contributed by atoms with Crippen LogP contribution in [0.15, 0.2) is 17.2 Å². The first kappa shape index (κ1) is 19.4. The van der Waals surface area contributed by atoms with Gasteiger partial charge in [-0.05, 0) is 24.3 Å². The zero-order chi connectivity index (χ0) is 18.9. The predicted octanol–water partition coefficient (Wildman–Crippen LogP) is 1.60. The highest BCUT2D eigenvalue weighted by molar-refractivity contribution is 7.89. The van der Waals surface area contributed by atoms with Gasteiger partial charge in [-0.25, -0.2) is 8.42 Å². The normalized spacial score (nSPS) is 28.0. The van der Waals surface area contributed by atoms with Crippen LogP contribution in [0.25, 0.3) is 0 Å². The summed E-state index contributed by atoms with van der Waals surface area (Å²) in [7, 11) is -1.89. The molecule has 1 aliphatic carbocycles. The summed E-state index contributed by atoms with van der Waals surface area (Å²) in [5.74, 6) is 0.797. The summed E-state index contributed by atoms with van der Waals surface area (Å²) >= 11 is 0. The second-order valence-corrected chi connectivity index (χ2v) is 9.47. The van der Waals surface area contributed by atoms with Crippen molar-refractivity contribution in [2.24, 2.45) is 18.9 Å². The van der Waals surface area contributed by atoms with Crippen molar-refractivity contribution in [1.29, 1.82) is 0 Å². The summed E-state index contributed by atoms with van der Waals surface area (Å²) in [5, 5.41) is 3.11. The molecule has 3 atom stereocenters. The van der Waals surface area contributed by atoms with E-state index in [0.717, 1.165) is 12.8 Å². The number of amides is 1. The number of hydrogen-bond donors (Lipinski definition) is 1. The van der Waals surface area contributed by atoms with Crippen LogP contribution in [0, 0.1) is 11.8 Å². The van der Waals surface area contributed by atoms with Crippen LogP contribution in [0.3, 0.4) is 0 Å². The Hall–Kier alpha value is -1.38. The van der Waals surface area contributed by atoms with Gasteiger partial charge in [0.05, 0.1) is 13.2 Å². The van der Waals surface area contributed by atoms with Gasteiger partial charge in [-0.2, -0.15) is 4.31 Å². The Balaban J connectivity index is 1.76. The molecule has 1 amide bonds. The molecule has 8 heteroatoms. The van der Waals surface area contributed by atoms with Crippen molar-refractivity contribution in [2.75, 3.05) is 26.3 Å². The summed E-state index contributed by atoms with van der Waals surface area (Å²) in [5.41, 5.74) is 0.377. The van der Waals surface area contributed by atoms with Crippen molar-refractivity contribution >= 4 is 15.9 Å². The fraction of sp³-hybridized carbons (Fsp3) is 0.722. The Bertz CT molecular complexity index is 752. The molecule has 1 saturated carbocycles. The number of rotatable bonds is 4. The fourth-order valence-corrected chi connectivity index (χ4v) is 5.34. The third-order valence-electron chi connectivity index (χ3n) is 5.84. The molecule has 0 radical (unpaired) electrons. The van der Waals surface area contributed by atoms with Crippen LogP contribution in [0.2, 0.25) is 0 Å². The Labute approximate surface area is 155 Å². The highest BCUT2D eigenvalue weighted by Gasteiger charge is 2.31.